The van der Waals surface area contributed by atoms with E-state index in [2.05, 4.69) is 33.3 Å². The third-order valence-corrected chi connectivity index (χ3v) is 18.4. The number of ether oxygens (including phenoxy) is 2. The summed E-state index contributed by atoms with van der Waals surface area (Å²) in [4.78, 5) is 68.5. The minimum absolute atomic E-state index is 0.00203. The van der Waals surface area contributed by atoms with Gasteiger partial charge in [0.2, 0.25) is 22.3 Å². The fourth-order valence-corrected chi connectivity index (χ4v) is 15.1. The lowest BCUT2D eigenvalue weighted by Gasteiger charge is -2.59. The number of carbonyl (C=O) groups excluding carboxylic acids is 5. The van der Waals surface area contributed by atoms with Gasteiger partial charge in [-0.3, -0.25) is 39.2 Å². The highest BCUT2D eigenvalue weighted by atomic mass is 35.5. The standard InChI is InChI=1S/C54H61ClN6O9S2.2CH4O/c1-6-9-46(53(66)57-32-65)59(5)45-18-16-40(41-13-8-11-37(29-63)49(41)45)35-20-22-60(23-21-35)33-70-47-19-14-34(26-44(47)56-4)31-72(67,68)61-39-15-17-42(54(61,2)3)43(28-39)58-38-12-7-10-36(27-38)52-50(55)51(69-25-24-62)48(30-64)71-52;2*1-2/h7-8,10-14,16,18-19,24,26-27,29-30,32,35,39,42-43,46,58H,4,6,9,15,17,20-23,25,28,31,33H2,1-3,5H3,(H,57,65,66);2*2H,1H3. The Bertz CT molecular complexity index is 2980. The third-order valence-electron chi connectivity index (χ3n) is 14.7. The first kappa shape index (κ1) is 59.2. The van der Waals surface area contributed by atoms with Crippen molar-refractivity contribution in [1.29, 1.82) is 0 Å². The lowest BCUT2D eigenvalue weighted by Crippen LogP contribution is -2.68. The van der Waals surface area contributed by atoms with E-state index in [9.17, 15) is 32.4 Å². The molecule has 2 amide bonds. The molecule has 0 spiro atoms. The number of halogens is 1. The number of aldehydes is 3. The fraction of sp³-hybridized carbons (Fsp3) is 0.429. The van der Waals surface area contributed by atoms with Crippen LogP contribution in [0.3, 0.4) is 0 Å². The summed E-state index contributed by atoms with van der Waals surface area (Å²) < 4.78 is 42.5. The topological polar surface area (TPSA) is 225 Å². The quantitative estimate of drug-likeness (QED) is 0.0376. The zero-order valence-corrected chi connectivity index (χ0v) is 46.3. The Morgan fingerprint density at radius 1 is 0.974 bits per heavy atom. The predicted molar refractivity (Wildman–Crippen MR) is 300 cm³/mol. The van der Waals surface area contributed by atoms with Gasteiger partial charge in [-0.05, 0) is 123 Å². The van der Waals surface area contributed by atoms with Gasteiger partial charge in [-0.15, -0.1) is 11.3 Å². The highest BCUT2D eigenvalue weighted by molar-refractivity contribution is 7.88. The van der Waals surface area contributed by atoms with Gasteiger partial charge < -0.3 is 29.9 Å². The Hall–Kier alpha value is -6.06. The van der Waals surface area contributed by atoms with Gasteiger partial charge in [0, 0.05) is 74.3 Å². The highest BCUT2D eigenvalue weighted by Crippen LogP contribution is 2.50. The summed E-state index contributed by atoms with van der Waals surface area (Å²) in [5.41, 5.74) is 4.41. The molecule has 4 atom stereocenters. The molecule has 20 heteroatoms. The molecule has 3 saturated heterocycles. The number of hydrogen-bond acceptors (Lipinski definition) is 16. The third kappa shape index (κ3) is 12.7. The molecule has 17 nitrogen and oxygen atoms in total. The molecule has 1 aromatic heterocycles. The zero-order valence-electron chi connectivity index (χ0n) is 43.9. The van der Waals surface area contributed by atoms with Crippen LogP contribution < -0.4 is 25.0 Å². The molecule has 4 aromatic carbocycles. The van der Waals surface area contributed by atoms with E-state index in [-0.39, 0.29) is 47.1 Å². The van der Waals surface area contributed by atoms with Crippen molar-refractivity contribution in [2.24, 2.45) is 10.9 Å². The number of fused-ring (bicyclic) bond motifs is 4. The number of likely N-dealkylation sites (tertiary alicyclic amines) is 1. The molecule has 3 aliphatic heterocycles. The summed E-state index contributed by atoms with van der Waals surface area (Å²) in [5, 5.41) is 22.0. The minimum Gasteiger partial charge on any atom is -0.483 e. The van der Waals surface area contributed by atoms with Crippen molar-refractivity contribution in [1.82, 2.24) is 14.5 Å². The van der Waals surface area contributed by atoms with Crippen LogP contribution in [0.1, 0.15) is 103 Å². The van der Waals surface area contributed by atoms with Crippen LogP contribution in [0.2, 0.25) is 5.02 Å². The number of benzene rings is 4. The maximum atomic E-state index is 14.5. The molecule has 4 unspecified atom stereocenters. The number of imide groups is 1. The first-order valence-corrected chi connectivity index (χ1v) is 28.0. The molecule has 4 heterocycles. The molecule has 0 radical (unpaired) electrons. The van der Waals surface area contributed by atoms with Crippen LogP contribution in [0.4, 0.5) is 17.1 Å². The molecular formula is C56H69ClN6O11S2. The number of carbonyl (C=O) groups is 5. The number of nitrogens with zero attached hydrogens (tertiary/aromatic N) is 4. The van der Waals surface area contributed by atoms with E-state index in [0.29, 0.717) is 70.9 Å². The van der Waals surface area contributed by atoms with Crippen LogP contribution in [-0.4, -0.2) is 137 Å². The van der Waals surface area contributed by atoms with E-state index in [1.165, 1.54) is 11.3 Å². The molecule has 4 aliphatic rings. The Morgan fingerprint density at radius 3 is 2.37 bits per heavy atom. The first-order chi connectivity index (χ1) is 36.7. The Labute approximate surface area is 454 Å². The number of sulfonamides is 1. The van der Waals surface area contributed by atoms with Gasteiger partial charge in [0.15, 0.2) is 24.6 Å². The Morgan fingerprint density at radius 2 is 1.71 bits per heavy atom. The van der Waals surface area contributed by atoms with Crippen molar-refractivity contribution in [2.75, 3.05) is 57.9 Å². The van der Waals surface area contributed by atoms with Crippen molar-refractivity contribution >= 4 is 98.7 Å². The number of amides is 2. The highest BCUT2D eigenvalue weighted by Gasteiger charge is 2.56. The van der Waals surface area contributed by atoms with E-state index in [1.807, 2.05) is 75.2 Å². The molecule has 9 rings (SSSR count). The van der Waals surface area contributed by atoms with Crippen LogP contribution in [-0.2, 0) is 30.2 Å². The summed E-state index contributed by atoms with van der Waals surface area (Å²) in [6, 6.07) is 22.0. The van der Waals surface area contributed by atoms with Crippen LogP contribution in [0.25, 0.3) is 21.2 Å². The minimum atomic E-state index is -3.79. The predicted octanol–water partition coefficient (Wildman–Crippen LogP) is 8.64. The van der Waals surface area contributed by atoms with E-state index >= 15 is 0 Å². The average Bonchev–Trinajstić information content (AvgIpc) is 3.80. The summed E-state index contributed by atoms with van der Waals surface area (Å²) in [7, 11) is 0.0333. The van der Waals surface area contributed by atoms with E-state index in [1.54, 1.807) is 28.6 Å². The number of hydrogen-bond donors (Lipinski definition) is 4. The van der Waals surface area contributed by atoms with Crippen molar-refractivity contribution in [3.8, 4) is 21.9 Å². The molecule has 4 fully saturated rings. The van der Waals surface area contributed by atoms with E-state index in [0.717, 1.165) is 99.0 Å². The molecule has 1 saturated carbocycles. The SMILES string of the molecule is C=Nc1cc(CS(=O)(=O)N2C3CCC(C(Nc4cccc(-c5sc(C=O)c(OCC=O)c5Cl)c4)C3)C2(C)C)ccc1OCN1CCC(c2ccc(N(C)C(CCC)C(=O)NC=O)c3c(C=O)cccc23)CC1.CO.CO. The second kappa shape index (κ2) is 26.8. The number of likely N-dealkylation sites (N-methyl/N-ethyl adjacent to an activating group) is 1. The number of nitrogens with one attached hydrogen (secondary N) is 2. The number of rotatable bonds is 22. The lowest BCUT2D eigenvalue weighted by atomic mass is 9.66. The Kier molecular flexibility index (Phi) is 20.9. The first-order valence-electron chi connectivity index (χ1n) is 25.2. The molecule has 408 valence electrons. The number of piperidine rings is 3. The number of aliphatic hydroxyl groups excluding tert-OH is 2. The van der Waals surface area contributed by atoms with Crippen molar-refractivity contribution in [3.05, 3.63) is 99.4 Å². The van der Waals surface area contributed by atoms with Crippen LogP contribution in [0, 0.1) is 5.92 Å². The molecular weight excluding hydrogens is 1030 g/mol. The Balaban J connectivity index is 0.00000229. The molecule has 76 heavy (non-hydrogen) atoms. The van der Waals surface area contributed by atoms with Gasteiger partial charge in [-0.1, -0.05) is 67.4 Å². The van der Waals surface area contributed by atoms with Gasteiger partial charge in [0.25, 0.3) is 0 Å². The van der Waals surface area contributed by atoms with Crippen LogP contribution in [0.5, 0.6) is 11.5 Å². The summed E-state index contributed by atoms with van der Waals surface area (Å²) in [6.45, 7) is 11.4. The number of aliphatic hydroxyl groups is 2. The van der Waals surface area contributed by atoms with Gasteiger partial charge in [0.05, 0.1) is 10.6 Å². The fourth-order valence-electron chi connectivity index (χ4n) is 11.5. The molecule has 1 aliphatic carbocycles. The monoisotopic (exact) mass is 1100 g/mol. The van der Waals surface area contributed by atoms with Gasteiger partial charge in [0.1, 0.15) is 40.7 Å². The summed E-state index contributed by atoms with van der Waals surface area (Å²) in [5.74, 6) is 0.336. The van der Waals surface area contributed by atoms with E-state index in [4.69, 9.17) is 31.3 Å². The van der Waals surface area contributed by atoms with E-state index < -0.39 is 27.5 Å². The van der Waals surface area contributed by atoms with Crippen molar-refractivity contribution in [3.63, 3.8) is 0 Å². The van der Waals surface area contributed by atoms with Crippen LogP contribution in [0.15, 0.2) is 77.8 Å². The summed E-state index contributed by atoms with van der Waals surface area (Å²) >= 11 is 7.85. The molecule has 5 aromatic rings. The maximum absolute atomic E-state index is 14.5. The van der Waals surface area contributed by atoms with Gasteiger partial charge in [-0.2, -0.15) is 4.31 Å². The smallest absolute Gasteiger partial charge is 0.249 e. The summed E-state index contributed by atoms with van der Waals surface area (Å²) in [6.07, 6.45) is 7.72. The number of thiophene rings is 1. The van der Waals surface area contributed by atoms with Crippen molar-refractivity contribution in [2.45, 2.75) is 101 Å². The van der Waals surface area contributed by atoms with Gasteiger partial charge >= 0.3 is 0 Å². The average molecular weight is 1100 g/mol. The number of anilines is 2. The second-order valence-corrected chi connectivity index (χ2v) is 22.7. The zero-order chi connectivity index (χ0) is 55.3. The van der Waals surface area contributed by atoms with Gasteiger partial charge in [-0.25, -0.2) is 8.42 Å². The lowest BCUT2D eigenvalue weighted by molar-refractivity contribution is -0.126. The molecule has 4 N–H and O–H groups in total. The normalized spacial score (nSPS) is 18.7. The van der Waals surface area contributed by atoms with Crippen molar-refractivity contribution < 1.29 is 52.1 Å². The second-order valence-electron chi connectivity index (χ2n) is 19.4. The molecule has 2 bridgehead atoms. The maximum Gasteiger partial charge on any atom is 0.249 e. The largest absolute Gasteiger partial charge is 0.483 e. The van der Waals surface area contributed by atoms with Crippen LogP contribution >= 0.6 is 22.9 Å². The number of aliphatic imine (C=N–C) groups is 1.